The Bertz CT molecular complexity index is 1360. The molecule has 2 amide bonds. The number of hydrogen-bond acceptors (Lipinski definition) is 5. The number of para-hydroxylation sites is 1. The average molecular weight is 499 g/mol. The van der Waals surface area contributed by atoms with Gasteiger partial charge in [-0.3, -0.25) is 9.59 Å². The minimum atomic E-state index is -0.341. The molecule has 8 heteroatoms. The molecule has 0 bridgehead atoms. The van der Waals surface area contributed by atoms with Crippen molar-refractivity contribution in [3.8, 4) is 28.4 Å². The van der Waals surface area contributed by atoms with Gasteiger partial charge in [-0.2, -0.15) is 5.10 Å². The van der Waals surface area contributed by atoms with Gasteiger partial charge in [0, 0.05) is 17.7 Å². The van der Waals surface area contributed by atoms with Gasteiger partial charge in [-0.15, -0.1) is 0 Å². The van der Waals surface area contributed by atoms with Crippen LogP contribution < -0.4 is 14.8 Å². The van der Waals surface area contributed by atoms with Crippen LogP contribution in [0.2, 0.25) is 0 Å². The number of amides is 2. The van der Waals surface area contributed by atoms with Gasteiger partial charge in [-0.25, -0.2) is 4.68 Å². The molecule has 0 saturated heterocycles. The van der Waals surface area contributed by atoms with Gasteiger partial charge in [-0.1, -0.05) is 42.5 Å². The summed E-state index contributed by atoms with van der Waals surface area (Å²) in [5.74, 6) is 1.04. The van der Waals surface area contributed by atoms with Gasteiger partial charge in [0.25, 0.3) is 5.91 Å². The molecule has 0 spiro atoms. The van der Waals surface area contributed by atoms with E-state index in [0.29, 0.717) is 28.6 Å². The Morgan fingerprint density at radius 2 is 1.59 bits per heavy atom. The summed E-state index contributed by atoms with van der Waals surface area (Å²) in [6.45, 7) is 3.61. The predicted molar refractivity (Wildman–Crippen MR) is 143 cm³/mol. The standard InChI is InChI=1S/C29H30N4O4/c1-20(2)32(29(35)24-12-8-9-13-26(24)37-4)19-28(34)30-27-18-25(21-10-6-5-7-11-21)31-33(27)22-14-16-23(36-3)17-15-22/h5-18,20H,19H2,1-4H3,(H,30,34). The van der Waals surface area contributed by atoms with Gasteiger partial charge in [0.1, 0.15) is 23.9 Å². The number of methoxy groups -OCH3 is 2. The highest BCUT2D eigenvalue weighted by molar-refractivity contribution is 6.01. The van der Waals surface area contributed by atoms with E-state index in [-0.39, 0.29) is 24.4 Å². The lowest BCUT2D eigenvalue weighted by molar-refractivity contribution is -0.117. The smallest absolute Gasteiger partial charge is 0.258 e. The summed E-state index contributed by atoms with van der Waals surface area (Å²) in [7, 11) is 3.12. The SMILES string of the molecule is COc1ccc(-n2nc(-c3ccccc3)cc2NC(=O)CN(C(=O)c2ccccc2OC)C(C)C)cc1. The third kappa shape index (κ3) is 5.81. The van der Waals surface area contributed by atoms with Crippen molar-refractivity contribution < 1.29 is 19.1 Å². The van der Waals surface area contributed by atoms with Crippen LogP contribution in [0.25, 0.3) is 16.9 Å². The molecule has 1 aromatic heterocycles. The van der Waals surface area contributed by atoms with Crippen LogP contribution in [-0.4, -0.2) is 53.3 Å². The largest absolute Gasteiger partial charge is 0.497 e. The lowest BCUT2D eigenvalue weighted by Crippen LogP contribution is -2.42. The minimum Gasteiger partial charge on any atom is -0.497 e. The molecular weight excluding hydrogens is 468 g/mol. The van der Waals surface area contributed by atoms with E-state index in [9.17, 15) is 9.59 Å². The number of rotatable bonds is 9. The maximum absolute atomic E-state index is 13.3. The van der Waals surface area contributed by atoms with Crippen molar-refractivity contribution in [1.29, 1.82) is 0 Å². The Kier molecular flexibility index (Phi) is 7.88. The zero-order valence-corrected chi connectivity index (χ0v) is 21.3. The zero-order chi connectivity index (χ0) is 26.4. The highest BCUT2D eigenvalue weighted by Crippen LogP contribution is 2.26. The Morgan fingerprint density at radius 1 is 0.919 bits per heavy atom. The van der Waals surface area contributed by atoms with E-state index in [1.165, 1.54) is 12.0 Å². The summed E-state index contributed by atoms with van der Waals surface area (Å²) in [6, 6.07) is 25.7. The summed E-state index contributed by atoms with van der Waals surface area (Å²) in [6.07, 6.45) is 0. The molecule has 1 N–H and O–H groups in total. The number of aromatic nitrogens is 2. The molecule has 0 unspecified atom stereocenters. The Balaban J connectivity index is 1.62. The molecule has 1 heterocycles. The first-order valence-corrected chi connectivity index (χ1v) is 11.9. The van der Waals surface area contributed by atoms with Crippen LogP contribution in [0.4, 0.5) is 5.82 Å². The molecule has 190 valence electrons. The van der Waals surface area contributed by atoms with Crippen molar-refractivity contribution >= 4 is 17.6 Å². The van der Waals surface area contributed by atoms with Crippen LogP contribution in [0.15, 0.2) is 84.9 Å². The van der Waals surface area contributed by atoms with E-state index in [4.69, 9.17) is 14.6 Å². The van der Waals surface area contributed by atoms with E-state index in [2.05, 4.69) is 5.32 Å². The third-order valence-corrected chi connectivity index (χ3v) is 5.90. The van der Waals surface area contributed by atoms with Crippen LogP contribution in [-0.2, 0) is 4.79 Å². The first kappa shape index (κ1) is 25.5. The number of benzene rings is 3. The molecule has 37 heavy (non-hydrogen) atoms. The summed E-state index contributed by atoms with van der Waals surface area (Å²) in [5, 5.41) is 7.70. The fourth-order valence-electron chi connectivity index (χ4n) is 3.94. The Hall–Kier alpha value is -4.59. The van der Waals surface area contributed by atoms with Crippen LogP contribution in [0.1, 0.15) is 24.2 Å². The first-order chi connectivity index (χ1) is 17.9. The van der Waals surface area contributed by atoms with Crippen molar-refractivity contribution in [2.45, 2.75) is 19.9 Å². The lowest BCUT2D eigenvalue weighted by Gasteiger charge is -2.27. The van der Waals surface area contributed by atoms with Crippen LogP contribution >= 0.6 is 0 Å². The van der Waals surface area contributed by atoms with E-state index >= 15 is 0 Å². The quantitative estimate of drug-likeness (QED) is 0.349. The number of carbonyl (C=O) groups is 2. The molecule has 4 aromatic rings. The monoisotopic (exact) mass is 498 g/mol. The van der Waals surface area contributed by atoms with E-state index < -0.39 is 0 Å². The molecule has 0 fully saturated rings. The highest BCUT2D eigenvalue weighted by Gasteiger charge is 2.25. The van der Waals surface area contributed by atoms with Crippen molar-refractivity contribution in [2.75, 3.05) is 26.1 Å². The maximum atomic E-state index is 13.3. The number of ether oxygens (including phenoxy) is 2. The second kappa shape index (κ2) is 11.4. The molecule has 4 rings (SSSR count). The van der Waals surface area contributed by atoms with Crippen molar-refractivity contribution in [1.82, 2.24) is 14.7 Å². The molecule has 0 saturated carbocycles. The fourth-order valence-corrected chi connectivity index (χ4v) is 3.94. The lowest BCUT2D eigenvalue weighted by atomic mass is 10.1. The molecule has 0 radical (unpaired) electrons. The van der Waals surface area contributed by atoms with Crippen molar-refractivity contribution in [2.24, 2.45) is 0 Å². The number of nitrogens with zero attached hydrogens (tertiary/aromatic N) is 3. The van der Waals surface area contributed by atoms with E-state index in [1.807, 2.05) is 74.5 Å². The van der Waals surface area contributed by atoms with Gasteiger partial charge < -0.3 is 19.7 Å². The fraction of sp³-hybridized carbons (Fsp3) is 0.207. The van der Waals surface area contributed by atoms with Crippen molar-refractivity contribution in [3.05, 3.63) is 90.5 Å². The predicted octanol–water partition coefficient (Wildman–Crippen LogP) is 5.05. The van der Waals surface area contributed by atoms with Crippen LogP contribution in [0, 0.1) is 0 Å². The van der Waals surface area contributed by atoms with E-state index in [0.717, 1.165) is 11.3 Å². The number of hydrogen-bond donors (Lipinski definition) is 1. The normalized spacial score (nSPS) is 10.7. The van der Waals surface area contributed by atoms with Crippen molar-refractivity contribution in [3.63, 3.8) is 0 Å². The second-order valence-electron chi connectivity index (χ2n) is 8.67. The third-order valence-electron chi connectivity index (χ3n) is 5.90. The molecule has 0 aliphatic carbocycles. The topological polar surface area (TPSA) is 85.7 Å². The summed E-state index contributed by atoms with van der Waals surface area (Å²) < 4.78 is 12.3. The van der Waals surface area contributed by atoms with Gasteiger partial charge in [-0.05, 0) is 50.2 Å². The summed E-state index contributed by atoms with van der Waals surface area (Å²) >= 11 is 0. The Labute approximate surface area is 216 Å². The van der Waals surface area contributed by atoms with Gasteiger partial charge in [0.05, 0.1) is 31.2 Å². The number of nitrogens with one attached hydrogen (secondary N) is 1. The molecule has 0 aliphatic rings. The summed E-state index contributed by atoms with van der Waals surface area (Å²) in [4.78, 5) is 28.1. The minimum absolute atomic E-state index is 0.136. The molecule has 3 aromatic carbocycles. The zero-order valence-electron chi connectivity index (χ0n) is 21.3. The molecule has 8 nitrogen and oxygen atoms in total. The van der Waals surface area contributed by atoms with Gasteiger partial charge in [0.15, 0.2) is 0 Å². The number of carbonyl (C=O) groups excluding carboxylic acids is 2. The van der Waals surface area contributed by atoms with Gasteiger partial charge >= 0.3 is 0 Å². The molecule has 0 atom stereocenters. The molecule has 0 aliphatic heterocycles. The maximum Gasteiger partial charge on any atom is 0.258 e. The van der Waals surface area contributed by atoms with E-state index in [1.54, 1.807) is 36.1 Å². The highest BCUT2D eigenvalue weighted by atomic mass is 16.5. The Morgan fingerprint density at radius 3 is 2.24 bits per heavy atom. The van der Waals surface area contributed by atoms with Gasteiger partial charge in [0.2, 0.25) is 5.91 Å². The molecular formula is C29H30N4O4. The second-order valence-corrected chi connectivity index (χ2v) is 8.67. The first-order valence-electron chi connectivity index (χ1n) is 11.9. The summed E-state index contributed by atoms with van der Waals surface area (Å²) in [5.41, 5.74) is 2.78. The van der Waals surface area contributed by atoms with Crippen LogP contribution in [0.5, 0.6) is 11.5 Å². The van der Waals surface area contributed by atoms with Crippen LogP contribution in [0.3, 0.4) is 0 Å². The number of anilines is 1. The average Bonchev–Trinajstić information content (AvgIpc) is 3.35.